The van der Waals surface area contributed by atoms with E-state index in [0.29, 0.717) is 17.9 Å². The van der Waals surface area contributed by atoms with Crippen LogP contribution in [0.15, 0.2) is 60.8 Å². The molecule has 2 aromatic rings. The molecule has 1 heterocycles. The predicted molar refractivity (Wildman–Crippen MR) is 101 cm³/mol. The third kappa shape index (κ3) is 3.64. The van der Waals surface area contributed by atoms with Crippen LogP contribution in [0.5, 0.6) is 5.75 Å². The van der Waals surface area contributed by atoms with Gasteiger partial charge >= 0.3 is 0 Å². The molecule has 0 unspecified atom stereocenters. The Hall–Kier alpha value is -3.48. The topological polar surface area (TPSA) is 58.6 Å². The summed E-state index contributed by atoms with van der Waals surface area (Å²) in [6.45, 7) is 5.94. The number of nitrogens with one attached hydrogen (secondary N) is 1. The zero-order valence-corrected chi connectivity index (χ0v) is 15.2. The first-order chi connectivity index (χ1) is 13.5. The van der Waals surface area contributed by atoms with Crippen LogP contribution in [0.3, 0.4) is 0 Å². The first-order valence-corrected chi connectivity index (χ1v) is 8.63. The Morgan fingerprint density at radius 1 is 1.07 bits per heavy atom. The molecule has 0 saturated heterocycles. The number of carbonyl (C=O) groups excluding carboxylic acids is 2. The minimum Gasteiger partial charge on any atom is -0.494 e. The Kier molecular flexibility index (Phi) is 5.54. The van der Waals surface area contributed by atoms with E-state index < -0.39 is 23.4 Å². The van der Waals surface area contributed by atoms with Crippen molar-refractivity contribution in [3.05, 3.63) is 78.0 Å². The molecule has 0 spiro atoms. The summed E-state index contributed by atoms with van der Waals surface area (Å²) in [5.41, 5.74) is 0.777. The van der Waals surface area contributed by atoms with Crippen LogP contribution in [-0.4, -0.2) is 29.9 Å². The molecule has 2 amide bonds. The van der Waals surface area contributed by atoms with Gasteiger partial charge in [-0.25, -0.2) is 8.78 Å². The van der Waals surface area contributed by atoms with Gasteiger partial charge in [0.1, 0.15) is 11.4 Å². The van der Waals surface area contributed by atoms with Crippen LogP contribution in [-0.2, 0) is 9.59 Å². The highest BCUT2D eigenvalue weighted by atomic mass is 19.2. The maximum Gasteiger partial charge on any atom is 0.278 e. The van der Waals surface area contributed by atoms with E-state index in [1.807, 2.05) is 6.92 Å². The van der Waals surface area contributed by atoms with Gasteiger partial charge in [0.15, 0.2) is 11.6 Å². The number of imide groups is 1. The van der Waals surface area contributed by atoms with Gasteiger partial charge in [-0.15, -0.1) is 6.58 Å². The van der Waals surface area contributed by atoms with Gasteiger partial charge in [-0.3, -0.25) is 14.5 Å². The number of amides is 2. The zero-order chi connectivity index (χ0) is 20.3. The molecule has 0 fully saturated rings. The second kappa shape index (κ2) is 8.04. The van der Waals surface area contributed by atoms with E-state index in [1.165, 1.54) is 12.1 Å². The molecule has 5 nitrogen and oxygen atoms in total. The molecular weight excluding hydrogens is 366 g/mol. The molecule has 2 aromatic carbocycles. The molecule has 3 rings (SSSR count). The van der Waals surface area contributed by atoms with Gasteiger partial charge in [-0.1, -0.05) is 18.2 Å². The second-order valence-corrected chi connectivity index (χ2v) is 5.97. The van der Waals surface area contributed by atoms with Crippen LogP contribution in [0.4, 0.5) is 14.5 Å². The molecular formula is C21H18F2N2O3. The molecule has 0 radical (unpaired) electrons. The minimum absolute atomic E-state index is 0.0120. The van der Waals surface area contributed by atoms with Crippen molar-refractivity contribution < 1.29 is 23.1 Å². The number of anilines is 1. The monoisotopic (exact) mass is 384 g/mol. The number of ether oxygens (including phenoxy) is 1. The van der Waals surface area contributed by atoms with Gasteiger partial charge in [0, 0.05) is 18.3 Å². The zero-order valence-electron chi connectivity index (χ0n) is 15.2. The largest absolute Gasteiger partial charge is 0.494 e. The second-order valence-electron chi connectivity index (χ2n) is 5.97. The Bertz CT molecular complexity index is 968. The Labute approximate surface area is 160 Å². The molecule has 0 atom stereocenters. The quantitative estimate of drug-likeness (QED) is 0.584. The van der Waals surface area contributed by atoms with Crippen LogP contribution < -0.4 is 10.1 Å². The smallest absolute Gasteiger partial charge is 0.278 e. The van der Waals surface area contributed by atoms with E-state index in [4.69, 9.17) is 4.74 Å². The van der Waals surface area contributed by atoms with Crippen molar-refractivity contribution in [3.8, 4) is 5.75 Å². The van der Waals surface area contributed by atoms with Gasteiger partial charge < -0.3 is 10.1 Å². The first kappa shape index (κ1) is 19.3. The van der Waals surface area contributed by atoms with Crippen LogP contribution in [0.25, 0.3) is 5.57 Å². The highest BCUT2D eigenvalue weighted by Crippen LogP contribution is 2.31. The van der Waals surface area contributed by atoms with Crippen molar-refractivity contribution in [2.24, 2.45) is 0 Å². The fourth-order valence-electron chi connectivity index (χ4n) is 2.86. The number of hydrogen-bond acceptors (Lipinski definition) is 4. The molecule has 0 aromatic heterocycles. The lowest BCUT2D eigenvalue weighted by molar-refractivity contribution is -0.136. The van der Waals surface area contributed by atoms with Crippen LogP contribution in [0, 0.1) is 11.6 Å². The summed E-state index contributed by atoms with van der Waals surface area (Å²) in [5, 5.41) is 2.76. The number of rotatable bonds is 7. The van der Waals surface area contributed by atoms with E-state index in [-0.39, 0.29) is 23.5 Å². The summed E-state index contributed by atoms with van der Waals surface area (Å²) in [4.78, 5) is 26.6. The molecule has 1 N–H and O–H groups in total. The maximum absolute atomic E-state index is 13.5. The van der Waals surface area contributed by atoms with Crippen molar-refractivity contribution in [3.63, 3.8) is 0 Å². The van der Waals surface area contributed by atoms with Gasteiger partial charge in [0.05, 0.1) is 12.2 Å². The Morgan fingerprint density at radius 2 is 1.79 bits per heavy atom. The van der Waals surface area contributed by atoms with Crippen molar-refractivity contribution in [2.75, 3.05) is 18.5 Å². The number of halogens is 2. The lowest BCUT2D eigenvalue weighted by Gasteiger charge is -2.12. The highest BCUT2D eigenvalue weighted by Gasteiger charge is 2.38. The lowest BCUT2D eigenvalue weighted by Crippen LogP contribution is -2.32. The fourth-order valence-corrected chi connectivity index (χ4v) is 2.86. The third-order valence-electron chi connectivity index (χ3n) is 4.12. The van der Waals surface area contributed by atoms with Gasteiger partial charge in [0.25, 0.3) is 11.8 Å². The molecule has 0 aliphatic carbocycles. The minimum atomic E-state index is -1.06. The normalized spacial score (nSPS) is 13.9. The van der Waals surface area contributed by atoms with Gasteiger partial charge in [-0.05, 0) is 36.8 Å². The molecule has 1 aliphatic heterocycles. The van der Waals surface area contributed by atoms with E-state index in [2.05, 4.69) is 11.9 Å². The van der Waals surface area contributed by atoms with Crippen molar-refractivity contribution in [1.29, 1.82) is 0 Å². The summed E-state index contributed by atoms with van der Waals surface area (Å²) < 4.78 is 32.1. The van der Waals surface area contributed by atoms with E-state index >= 15 is 0 Å². The highest BCUT2D eigenvalue weighted by molar-refractivity contribution is 6.36. The number of hydrogen-bond donors (Lipinski definition) is 1. The number of nitrogens with zero attached hydrogens (tertiary/aromatic N) is 1. The van der Waals surface area contributed by atoms with Crippen LogP contribution in [0.1, 0.15) is 12.5 Å². The van der Waals surface area contributed by atoms with Crippen molar-refractivity contribution in [2.45, 2.75) is 6.92 Å². The lowest BCUT2D eigenvalue weighted by atomic mass is 10.0. The Morgan fingerprint density at radius 3 is 2.39 bits per heavy atom. The van der Waals surface area contributed by atoms with E-state index in [0.717, 1.165) is 17.0 Å². The fraction of sp³-hybridized carbons (Fsp3) is 0.143. The predicted octanol–water partition coefficient (Wildman–Crippen LogP) is 3.74. The summed E-state index contributed by atoms with van der Waals surface area (Å²) in [5.74, 6) is -2.51. The van der Waals surface area contributed by atoms with Crippen molar-refractivity contribution in [1.82, 2.24) is 4.90 Å². The SMILES string of the molecule is C=CCN1C(=O)C(Nc2ccc(F)c(F)c2)=C(c2ccc(OCC)cc2)C1=O. The Balaban J connectivity index is 2.04. The average Bonchev–Trinajstić information content (AvgIpc) is 2.90. The molecule has 0 saturated carbocycles. The molecule has 1 aliphatic rings. The maximum atomic E-state index is 13.5. The standard InChI is InChI=1S/C21H18F2N2O3/c1-3-11-25-20(26)18(13-5-8-15(9-6-13)28-4-2)19(21(25)27)24-14-7-10-16(22)17(23)12-14/h3,5-10,12,24H,1,4,11H2,2H3. The van der Waals surface area contributed by atoms with Crippen molar-refractivity contribution >= 4 is 23.1 Å². The summed E-state index contributed by atoms with van der Waals surface area (Å²) >= 11 is 0. The van der Waals surface area contributed by atoms with E-state index in [9.17, 15) is 18.4 Å². The molecule has 28 heavy (non-hydrogen) atoms. The number of benzene rings is 2. The van der Waals surface area contributed by atoms with Crippen LogP contribution in [0.2, 0.25) is 0 Å². The van der Waals surface area contributed by atoms with E-state index in [1.54, 1.807) is 24.3 Å². The average molecular weight is 384 g/mol. The van der Waals surface area contributed by atoms with Gasteiger partial charge in [-0.2, -0.15) is 0 Å². The third-order valence-corrected chi connectivity index (χ3v) is 4.12. The summed E-state index contributed by atoms with van der Waals surface area (Å²) in [7, 11) is 0. The molecule has 144 valence electrons. The molecule has 0 bridgehead atoms. The van der Waals surface area contributed by atoms with Gasteiger partial charge in [0.2, 0.25) is 0 Å². The number of carbonyl (C=O) groups is 2. The first-order valence-electron chi connectivity index (χ1n) is 8.63. The summed E-state index contributed by atoms with van der Waals surface area (Å²) in [6, 6.07) is 9.86. The van der Waals surface area contributed by atoms with Crippen LogP contribution >= 0.6 is 0 Å². The molecule has 7 heteroatoms. The summed E-state index contributed by atoms with van der Waals surface area (Å²) in [6.07, 6.45) is 1.44.